The Bertz CT molecular complexity index is 2130. The van der Waals surface area contributed by atoms with E-state index in [9.17, 15) is 0 Å². The summed E-state index contributed by atoms with van der Waals surface area (Å²) in [6, 6.07) is 0. The summed E-state index contributed by atoms with van der Waals surface area (Å²) in [4.78, 5) is 3.98. The van der Waals surface area contributed by atoms with Crippen LogP contribution < -0.4 is 76.5 Å². The molecule has 0 spiro atoms. The zero-order chi connectivity index (χ0) is 29.3. The summed E-state index contributed by atoms with van der Waals surface area (Å²) < 4.78 is 6.74. The van der Waals surface area contributed by atoms with Crippen molar-refractivity contribution in [3.63, 3.8) is 0 Å². The summed E-state index contributed by atoms with van der Waals surface area (Å²) >= 11 is 0. The minimum atomic E-state index is 1.02. The number of H-pyrrole nitrogens is 1. The van der Waals surface area contributed by atoms with Crippen molar-refractivity contribution < 1.29 is 4.42 Å². The van der Waals surface area contributed by atoms with Crippen LogP contribution in [0.3, 0.4) is 0 Å². The average molecular weight is 499 g/mol. The van der Waals surface area contributed by atoms with Crippen molar-refractivity contribution in [1.82, 2.24) is 4.98 Å². The van der Waals surface area contributed by atoms with Crippen LogP contribution in [0, 0.1) is 0 Å². The van der Waals surface area contributed by atoms with Crippen LogP contribution in [-0.2, 0) is 0 Å². The summed E-state index contributed by atoms with van der Waals surface area (Å²) in [7, 11) is 31.8. The molecule has 2 heterocycles. The third kappa shape index (κ3) is 3.26. The fraction of sp³-hybridized carbons (Fsp3) is 0. The molecule has 1 N–H and O–H groups in total. The Kier molecular flexibility index (Phi) is 6.16. The van der Waals surface area contributed by atoms with E-state index in [1.54, 1.807) is 0 Å². The fourth-order valence-electron chi connectivity index (χ4n) is 7.58. The number of aromatic amines is 1. The van der Waals surface area contributed by atoms with Crippen LogP contribution in [0.4, 0.5) is 0 Å². The van der Waals surface area contributed by atoms with Crippen LogP contribution in [0.1, 0.15) is 0 Å². The van der Waals surface area contributed by atoms with Crippen LogP contribution in [0.25, 0.3) is 54.9 Å². The molecule has 0 aliphatic heterocycles. The molecule has 16 heteroatoms. The van der Waals surface area contributed by atoms with Gasteiger partial charge in [-0.2, -0.15) is 0 Å². The Hall–Kier alpha value is -2.61. The first kappa shape index (κ1) is 27.6. The van der Waals surface area contributed by atoms with Gasteiger partial charge in [0.1, 0.15) is 121 Å². The van der Waals surface area contributed by atoms with Gasteiger partial charge >= 0.3 is 0 Å². The van der Waals surface area contributed by atoms with Crippen LogP contribution in [0.15, 0.2) is 4.42 Å². The number of rotatable bonds is 1. The Morgan fingerprint density at radius 2 is 0.675 bits per heavy atom. The van der Waals surface area contributed by atoms with E-state index in [2.05, 4.69) is 115 Å². The topological polar surface area (TPSA) is 28.9 Å². The molecule has 0 aliphatic rings. The maximum atomic E-state index is 6.74. The SMILES string of the molecule is Bc1c(B)c(B)c(-c2c(B)c(B)c3[nH]c4c(c(B)c(B)c5oc6c(B)c(B)c(B)c(B)c6c54)c3c2B)c(B)c1B. The number of nitrogens with one attached hydrogen (secondary N) is 1. The molecular weight excluding hydrogens is 470 g/mol. The van der Waals surface area contributed by atoms with Crippen LogP contribution in [0.5, 0.6) is 0 Å². The van der Waals surface area contributed by atoms with Crippen LogP contribution in [0.2, 0.25) is 0 Å². The Balaban J connectivity index is 1.90. The largest absolute Gasteiger partial charge is 0.457 e. The van der Waals surface area contributed by atoms with Gasteiger partial charge in [-0.15, -0.1) is 21.9 Å². The average Bonchev–Trinajstić information content (AvgIpc) is 3.52. The van der Waals surface area contributed by atoms with E-state index >= 15 is 0 Å². The van der Waals surface area contributed by atoms with Crippen molar-refractivity contribution in [3.8, 4) is 11.1 Å². The highest BCUT2D eigenvalue weighted by molar-refractivity contribution is 6.72. The van der Waals surface area contributed by atoms with Gasteiger partial charge in [0.15, 0.2) is 0 Å². The third-order valence-electron chi connectivity index (χ3n) is 11.2. The highest BCUT2D eigenvalue weighted by Gasteiger charge is 2.26. The van der Waals surface area contributed by atoms with Gasteiger partial charge in [0.25, 0.3) is 0 Å². The maximum Gasteiger partial charge on any atom is 0.143 e. The highest BCUT2D eigenvalue weighted by Crippen LogP contribution is 2.33. The van der Waals surface area contributed by atoms with Gasteiger partial charge in [0.2, 0.25) is 0 Å². The second-order valence-corrected chi connectivity index (χ2v) is 12.6. The molecular formula is C24H29B14NO. The van der Waals surface area contributed by atoms with Crippen LogP contribution >= 0.6 is 0 Å². The first-order valence-corrected chi connectivity index (χ1v) is 14.7. The van der Waals surface area contributed by atoms with Gasteiger partial charge in [-0.3, -0.25) is 0 Å². The fourth-order valence-corrected chi connectivity index (χ4v) is 7.58. The van der Waals surface area contributed by atoms with Crippen molar-refractivity contribution in [2.24, 2.45) is 0 Å². The van der Waals surface area contributed by atoms with Crippen molar-refractivity contribution in [2.45, 2.75) is 0 Å². The molecule has 0 radical (unpaired) electrons. The first-order chi connectivity index (χ1) is 18.7. The van der Waals surface area contributed by atoms with Crippen molar-refractivity contribution in [3.05, 3.63) is 0 Å². The van der Waals surface area contributed by atoms with E-state index in [1.165, 1.54) is 120 Å². The molecule has 2 aromatic heterocycles. The second kappa shape index (κ2) is 8.94. The number of aromatic nitrogens is 1. The van der Waals surface area contributed by atoms with Gasteiger partial charge in [0, 0.05) is 21.7 Å². The number of hydrogen-bond acceptors (Lipinski definition) is 1. The monoisotopic (exact) mass is 501 g/mol. The first-order valence-electron chi connectivity index (χ1n) is 14.7. The van der Waals surface area contributed by atoms with Crippen molar-refractivity contribution in [2.75, 3.05) is 0 Å². The van der Waals surface area contributed by atoms with E-state index < -0.39 is 0 Å². The molecule has 0 fully saturated rings. The Labute approximate surface area is 249 Å². The van der Waals surface area contributed by atoms with Gasteiger partial charge in [-0.1, -0.05) is 54.6 Å². The molecule has 6 rings (SSSR count). The number of fused-ring (bicyclic) bond motifs is 7. The van der Waals surface area contributed by atoms with E-state index in [1.807, 2.05) is 0 Å². The summed E-state index contributed by atoms with van der Waals surface area (Å²) in [5, 5.41) is 5.20. The van der Waals surface area contributed by atoms with E-state index in [0.717, 1.165) is 11.2 Å². The van der Waals surface area contributed by atoms with Gasteiger partial charge in [-0.05, 0) is 11.1 Å². The van der Waals surface area contributed by atoms with E-state index in [4.69, 9.17) is 4.42 Å². The third-order valence-corrected chi connectivity index (χ3v) is 11.2. The van der Waals surface area contributed by atoms with Gasteiger partial charge in [-0.25, -0.2) is 0 Å². The smallest absolute Gasteiger partial charge is 0.143 e. The number of furan rings is 1. The quantitative estimate of drug-likeness (QED) is 0.224. The lowest BCUT2D eigenvalue weighted by Crippen LogP contribution is -2.56. The second-order valence-electron chi connectivity index (χ2n) is 12.6. The lowest BCUT2D eigenvalue weighted by atomic mass is 9.57. The summed E-state index contributed by atoms with van der Waals surface area (Å²) in [6.07, 6.45) is 0. The van der Waals surface area contributed by atoms with E-state index in [-0.39, 0.29) is 0 Å². The van der Waals surface area contributed by atoms with Gasteiger partial charge < -0.3 is 9.40 Å². The molecule has 0 atom stereocenters. The predicted octanol–water partition coefficient (Wildman–Crippen LogP) is -17.5. The molecule has 2 nitrogen and oxygen atoms in total. The lowest BCUT2D eigenvalue weighted by molar-refractivity contribution is 0.675. The highest BCUT2D eigenvalue weighted by atomic mass is 16.3. The number of benzene rings is 4. The van der Waals surface area contributed by atoms with Crippen molar-refractivity contribution in [1.29, 1.82) is 0 Å². The molecule has 0 unspecified atom stereocenters. The molecule has 0 saturated heterocycles. The summed E-state index contributed by atoms with van der Waals surface area (Å²) in [5.74, 6) is 0. The molecule has 4 aromatic carbocycles. The minimum absolute atomic E-state index is 1.02. The Morgan fingerprint density at radius 3 is 1.27 bits per heavy atom. The molecule has 0 aliphatic carbocycles. The summed E-state index contributed by atoms with van der Waals surface area (Å²) in [5.41, 5.74) is 26.2. The van der Waals surface area contributed by atoms with Crippen molar-refractivity contribution >= 4 is 230 Å². The molecule has 0 saturated carbocycles. The molecule has 0 amide bonds. The molecule has 178 valence electrons. The molecule has 6 aromatic rings. The standard InChI is InChI=1S/C24H29B14NO/c25-7-1(2-8(26)13(31)16(34)14(32)9(2)27)10(28)18(36)22-3(7)4-11(29)19(37)24-6(21(4)39-22)5-12(30)15(33)17(35)20(38)23(5)40-24/h39H,25-38H2. The van der Waals surface area contributed by atoms with Crippen LogP contribution in [-0.4, -0.2) is 115 Å². The molecule has 40 heavy (non-hydrogen) atoms. The molecule has 0 bridgehead atoms. The summed E-state index contributed by atoms with van der Waals surface area (Å²) in [6.45, 7) is 0. The zero-order valence-electron chi connectivity index (χ0n) is 26.9. The van der Waals surface area contributed by atoms with Gasteiger partial charge in [0.05, 0.1) is 10.9 Å². The predicted molar refractivity (Wildman–Crippen MR) is 223 cm³/mol. The van der Waals surface area contributed by atoms with E-state index in [0.29, 0.717) is 0 Å². The normalized spacial score (nSPS) is 11.9. The minimum Gasteiger partial charge on any atom is -0.457 e. The Morgan fingerprint density at radius 1 is 0.300 bits per heavy atom. The number of hydrogen-bond donors (Lipinski definition) is 1. The zero-order valence-corrected chi connectivity index (χ0v) is 26.9. The maximum absolute atomic E-state index is 6.74. The lowest BCUT2D eigenvalue weighted by Gasteiger charge is -2.25.